The predicted molar refractivity (Wildman–Crippen MR) is 126 cm³/mol. The molecule has 1 aromatic carbocycles. The molecule has 12 heteroatoms. The van der Waals surface area contributed by atoms with Crippen molar-refractivity contribution >= 4 is 48.1 Å². The highest BCUT2D eigenvalue weighted by Gasteiger charge is 2.28. The van der Waals surface area contributed by atoms with Gasteiger partial charge in [-0.1, -0.05) is 12.1 Å². The molecule has 1 aromatic rings. The molecule has 0 aliphatic heterocycles. The Labute approximate surface area is 196 Å². The topological polar surface area (TPSA) is 171 Å². The van der Waals surface area contributed by atoms with Gasteiger partial charge in [0.1, 0.15) is 23.9 Å². The SMILES string of the molecule is CSCCC(NC(=O)C(C)NC(=O)C(Cc1ccc(O)cc1)NC(=O)C(N)CS)C(=O)O. The predicted octanol–water partition coefficient (Wildman–Crippen LogP) is -0.496. The largest absolute Gasteiger partial charge is 0.508 e. The van der Waals surface area contributed by atoms with Gasteiger partial charge in [-0.3, -0.25) is 14.4 Å². The normalized spacial score (nSPS) is 14.5. The molecule has 0 bridgehead atoms. The lowest BCUT2D eigenvalue weighted by atomic mass is 10.0. The van der Waals surface area contributed by atoms with Gasteiger partial charge < -0.3 is 31.9 Å². The molecule has 7 N–H and O–H groups in total. The van der Waals surface area contributed by atoms with Crippen LogP contribution in [0, 0.1) is 0 Å². The summed E-state index contributed by atoms with van der Waals surface area (Å²) in [7, 11) is 0. The van der Waals surface area contributed by atoms with Crippen LogP contribution < -0.4 is 21.7 Å². The molecule has 3 amide bonds. The van der Waals surface area contributed by atoms with Crippen LogP contribution in [0.25, 0.3) is 0 Å². The third-order valence-electron chi connectivity index (χ3n) is 4.52. The number of rotatable bonds is 13. The molecular formula is C20H30N4O6S2. The lowest BCUT2D eigenvalue weighted by Gasteiger charge is -2.23. The van der Waals surface area contributed by atoms with Crippen molar-refractivity contribution in [1.29, 1.82) is 0 Å². The highest BCUT2D eigenvalue weighted by Crippen LogP contribution is 2.12. The minimum absolute atomic E-state index is 0.0515. The fourth-order valence-electron chi connectivity index (χ4n) is 2.61. The molecule has 10 nitrogen and oxygen atoms in total. The average molecular weight is 487 g/mol. The molecule has 178 valence electrons. The number of aromatic hydroxyl groups is 1. The van der Waals surface area contributed by atoms with E-state index in [9.17, 15) is 29.4 Å². The summed E-state index contributed by atoms with van der Waals surface area (Å²) in [5, 5.41) is 26.2. The van der Waals surface area contributed by atoms with Crippen molar-refractivity contribution in [3.63, 3.8) is 0 Å². The van der Waals surface area contributed by atoms with Crippen LogP contribution in [-0.4, -0.2) is 75.8 Å². The molecule has 0 heterocycles. The quantitative estimate of drug-likeness (QED) is 0.183. The fourth-order valence-corrected chi connectivity index (χ4v) is 3.25. The molecule has 0 aliphatic rings. The van der Waals surface area contributed by atoms with Gasteiger partial charge in [0.2, 0.25) is 17.7 Å². The van der Waals surface area contributed by atoms with Crippen LogP contribution in [-0.2, 0) is 25.6 Å². The first-order valence-corrected chi connectivity index (χ1v) is 11.9. The first-order chi connectivity index (χ1) is 15.1. The van der Waals surface area contributed by atoms with Crippen LogP contribution >= 0.6 is 24.4 Å². The summed E-state index contributed by atoms with van der Waals surface area (Å²) in [5.74, 6) is -2.38. The third kappa shape index (κ3) is 9.37. The first-order valence-electron chi connectivity index (χ1n) is 9.86. The standard InChI is InChI=1S/C20H30N4O6S2/c1-11(17(26)23-15(20(29)30)7-8-32-2)22-19(28)16(24-18(27)14(21)10-31)9-12-3-5-13(25)6-4-12/h3-6,11,14-16,25,31H,7-10,21H2,1-2H3,(H,22,28)(H,23,26)(H,24,27)(H,29,30). The maximum absolute atomic E-state index is 12.8. The Morgan fingerprint density at radius 2 is 1.62 bits per heavy atom. The molecule has 4 atom stereocenters. The zero-order valence-electron chi connectivity index (χ0n) is 17.9. The Balaban J connectivity index is 2.87. The number of phenols is 1. The Morgan fingerprint density at radius 3 is 2.16 bits per heavy atom. The number of carboxylic acid groups (broad SMARTS) is 1. The van der Waals surface area contributed by atoms with Gasteiger partial charge in [-0.2, -0.15) is 24.4 Å². The van der Waals surface area contributed by atoms with Gasteiger partial charge in [-0.05, 0) is 43.0 Å². The number of thioether (sulfide) groups is 1. The maximum Gasteiger partial charge on any atom is 0.326 e. The van der Waals surface area contributed by atoms with E-state index >= 15 is 0 Å². The van der Waals surface area contributed by atoms with Gasteiger partial charge in [0.05, 0.1) is 6.04 Å². The number of aliphatic carboxylic acids is 1. The van der Waals surface area contributed by atoms with E-state index in [-0.39, 0.29) is 24.3 Å². The zero-order valence-corrected chi connectivity index (χ0v) is 19.6. The number of carboxylic acids is 1. The van der Waals surface area contributed by atoms with Crippen LogP contribution in [0.2, 0.25) is 0 Å². The number of thiol groups is 1. The summed E-state index contributed by atoms with van der Waals surface area (Å²) in [6.07, 6.45) is 2.15. The van der Waals surface area contributed by atoms with Crippen molar-refractivity contribution < 1.29 is 29.4 Å². The lowest BCUT2D eigenvalue weighted by molar-refractivity contribution is -0.142. The van der Waals surface area contributed by atoms with Crippen LogP contribution in [0.15, 0.2) is 24.3 Å². The number of benzene rings is 1. The Kier molecular flexibility index (Phi) is 12.0. The number of carbonyl (C=O) groups excluding carboxylic acids is 3. The second kappa shape index (κ2) is 13.9. The number of carbonyl (C=O) groups is 4. The fraction of sp³-hybridized carbons (Fsp3) is 0.500. The van der Waals surface area contributed by atoms with E-state index in [0.29, 0.717) is 11.3 Å². The second-order valence-corrected chi connectivity index (χ2v) is 8.48. The van der Waals surface area contributed by atoms with Crippen molar-refractivity contribution in [3.8, 4) is 5.75 Å². The van der Waals surface area contributed by atoms with Crippen LogP contribution in [0.1, 0.15) is 18.9 Å². The minimum Gasteiger partial charge on any atom is -0.508 e. The van der Waals surface area contributed by atoms with E-state index in [2.05, 4.69) is 28.6 Å². The van der Waals surface area contributed by atoms with E-state index in [0.717, 1.165) is 0 Å². The van der Waals surface area contributed by atoms with Gasteiger partial charge in [-0.15, -0.1) is 0 Å². The zero-order chi connectivity index (χ0) is 24.3. The Bertz CT molecular complexity index is 793. The third-order valence-corrected chi connectivity index (χ3v) is 5.56. The number of amides is 3. The molecule has 0 saturated carbocycles. The van der Waals surface area contributed by atoms with Crippen LogP contribution in [0.5, 0.6) is 5.75 Å². The van der Waals surface area contributed by atoms with Gasteiger partial charge in [0, 0.05) is 12.2 Å². The molecule has 0 radical (unpaired) electrons. The van der Waals surface area contributed by atoms with Crippen molar-refractivity contribution in [1.82, 2.24) is 16.0 Å². The molecule has 0 spiro atoms. The van der Waals surface area contributed by atoms with Crippen molar-refractivity contribution in [2.45, 2.75) is 43.9 Å². The van der Waals surface area contributed by atoms with Crippen molar-refractivity contribution in [2.75, 3.05) is 17.8 Å². The number of hydrogen-bond acceptors (Lipinski definition) is 8. The average Bonchev–Trinajstić information content (AvgIpc) is 2.76. The highest BCUT2D eigenvalue weighted by atomic mass is 32.2. The molecule has 1 rings (SSSR count). The molecule has 0 saturated heterocycles. The summed E-state index contributed by atoms with van der Waals surface area (Å²) >= 11 is 5.43. The summed E-state index contributed by atoms with van der Waals surface area (Å²) in [4.78, 5) is 48.8. The first kappa shape index (κ1) is 27.6. The number of nitrogens with one attached hydrogen (secondary N) is 3. The number of nitrogens with two attached hydrogens (primary N) is 1. The van der Waals surface area contributed by atoms with E-state index in [4.69, 9.17) is 5.73 Å². The summed E-state index contributed by atoms with van der Waals surface area (Å²) in [5.41, 5.74) is 6.33. The summed E-state index contributed by atoms with van der Waals surface area (Å²) in [6.45, 7) is 1.42. The van der Waals surface area contributed by atoms with E-state index in [1.807, 2.05) is 6.26 Å². The van der Waals surface area contributed by atoms with E-state index in [1.165, 1.54) is 30.8 Å². The van der Waals surface area contributed by atoms with Crippen molar-refractivity contribution in [2.24, 2.45) is 5.73 Å². The Hall–Kier alpha value is -2.44. The van der Waals surface area contributed by atoms with Gasteiger partial charge in [0.15, 0.2) is 0 Å². The summed E-state index contributed by atoms with van der Waals surface area (Å²) < 4.78 is 0. The smallest absolute Gasteiger partial charge is 0.326 e. The molecule has 4 unspecified atom stereocenters. The van der Waals surface area contributed by atoms with E-state index in [1.54, 1.807) is 12.1 Å². The van der Waals surface area contributed by atoms with Crippen LogP contribution in [0.3, 0.4) is 0 Å². The molecule has 0 aromatic heterocycles. The lowest BCUT2D eigenvalue weighted by Crippen LogP contribution is -2.57. The monoisotopic (exact) mass is 486 g/mol. The van der Waals surface area contributed by atoms with E-state index < -0.39 is 47.9 Å². The van der Waals surface area contributed by atoms with Gasteiger partial charge in [-0.25, -0.2) is 4.79 Å². The molecule has 32 heavy (non-hydrogen) atoms. The summed E-state index contributed by atoms with van der Waals surface area (Å²) in [6, 6.07) is 1.98. The van der Waals surface area contributed by atoms with Gasteiger partial charge in [0.25, 0.3) is 0 Å². The van der Waals surface area contributed by atoms with Crippen molar-refractivity contribution in [3.05, 3.63) is 29.8 Å². The number of hydrogen-bond donors (Lipinski definition) is 7. The maximum atomic E-state index is 12.8. The highest BCUT2D eigenvalue weighted by molar-refractivity contribution is 7.98. The second-order valence-electron chi connectivity index (χ2n) is 7.13. The Morgan fingerprint density at radius 1 is 1.03 bits per heavy atom. The van der Waals surface area contributed by atoms with Gasteiger partial charge >= 0.3 is 5.97 Å². The van der Waals surface area contributed by atoms with Crippen LogP contribution in [0.4, 0.5) is 0 Å². The molecule has 0 aliphatic carbocycles. The minimum atomic E-state index is -1.16. The molecule has 0 fully saturated rings. The number of phenolic OH excluding ortho intramolecular Hbond substituents is 1. The molecular weight excluding hydrogens is 456 g/mol.